The largest absolute Gasteiger partial charge is 0.357 e. The summed E-state index contributed by atoms with van der Waals surface area (Å²) in [7, 11) is 0. The van der Waals surface area contributed by atoms with Crippen molar-refractivity contribution in [3.8, 4) is 0 Å². The van der Waals surface area contributed by atoms with Crippen molar-refractivity contribution < 1.29 is 0 Å². The number of aromatic amines is 1. The molecular weight excluding hydrogens is 188 g/mol. The van der Waals surface area contributed by atoms with Gasteiger partial charge in [-0.3, -0.25) is 0 Å². The molecule has 0 atom stereocenters. The number of rotatable bonds is 1. The first-order valence-electron chi connectivity index (χ1n) is 5.48. The van der Waals surface area contributed by atoms with Crippen LogP contribution in [0.4, 0.5) is 5.82 Å². The highest BCUT2D eigenvalue weighted by Gasteiger charge is 2.12. The van der Waals surface area contributed by atoms with Gasteiger partial charge in [0.05, 0.1) is 6.33 Å². The number of imidazole rings is 1. The fourth-order valence-electron chi connectivity index (χ4n) is 2.11. The van der Waals surface area contributed by atoms with Gasteiger partial charge < -0.3 is 9.88 Å². The van der Waals surface area contributed by atoms with E-state index in [2.05, 4.69) is 25.9 Å². The third-order valence-electron chi connectivity index (χ3n) is 2.94. The molecule has 1 aliphatic heterocycles. The molecule has 1 saturated heterocycles. The van der Waals surface area contributed by atoms with Gasteiger partial charge in [-0.1, -0.05) is 0 Å². The molecule has 3 rings (SSSR count). The van der Waals surface area contributed by atoms with E-state index in [-0.39, 0.29) is 0 Å². The predicted molar refractivity (Wildman–Crippen MR) is 60.0 cm³/mol. The van der Waals surface area contributed by atoms with E-state index in [9.17, 15) is 0 Å². The molecule has 3 heterocycles. The Hall–Kier alpha value is -1.58. The Bertz CT molecular complexity index is 456. The first-order valence-corrected chi connectivity index (χ1v) is 5.48. The first-order chi connectivity index (χ1) is 7.43. The van der Waals surface area contributed by atoms with Crippen LogP contribution in [-0.2, 0) is 0 Å². The van der Waals surface area contributed by atoms with Crippen LogP contribution in [0, 0.1) is 0 Å². The molecule has 1 fully saturated rings. The summed E-state index contributed by atoms with van der Waals surface area (Å²) in [5, 5.41) is 0. The van der Waals surface area contributed by atoms with E-state index in [1.165, 1.54) is 19.3 Å². The zero-order valence-corrected chi connectivity index (χ0v) is 8.61. The van der Waals surface area contributed by atoms with Gasteiger partial charge in [-0.25, -0.2) is 9.97 Å². The Kier molecular flexibility index (Phi) is 2.05. The lowest BCUT2D eigenvalue weighted by atomic mass is 10.1. The number of nitrogens with zero attached hydrogens (tertiary/aromatic N) is 3. The average molecular weight is 202 g/mol. The number of nitrogens with one attached hydrogen (secondary N) is 1. The smallest absolute Gasteiger partial charge is 0.159 e. The van der Waals surface area contributed by atoms with E-state index < -0.39 is 0 Å². The minimum atomic E-state index is 0.887. The van der Waals surface area contributed by atoms with Crippen LogP contribution in [-0.4, -0.2) is 28.0 Å². The lowest BCUT2D eigenvalue weighted by molar-refractivity contribution is 0.574. The van der Waals surface area contributed by atoms with E-state index in [0.717, 1.165) is 30.1 Å². The summed E-state index contributed by atoms with van der Waals surface area (Å²) in [6.45, 7) is 2.26. The fourth-order valence-corrected chi connectivity index (χ4v) is 2.11. The molecule has 4 nitrogen and oxygen atoms in total. The van der Waals surface area contributed by atoms with Crippen LogP contribution in [0.1, 0.15) is 19.3 Å². The second-order valence-corrected chi connectivity index (χ2v) is 3.99. The second-order valence-electron chi connectivity index (χ2n) is 3.99. The van der Waals surface area contributed by atoms with Crippen LogP contribution in [0.15, 0.2) is 18.5 Å². The molecule has 15 heavy (non-hydrogen) atoms. The maximum atomic E-state index is 4.57. The van der Waals surface area contributed by atoms with Gasteiger partial charge in [0.2, 0.25) is 0 Å². The Labute approximate surface area is 88.3 Å². The molecule has 0 saturated carbocycles. The normalized spacial score (nSPS) is 17.2. The van der Waals surface area contributed by atoms with Gasteiger partial charge in [0.1, 0.15) is 11.3 Å². The van der Waals surface area contributed by atoms with Crippen LogP contribution in [0.25, 0.3) is 11.2 Å². The molecule has 1 aliphatic rings. The van der Waals surface area contributed by atoms with E-state index in [1.807, 2.05) is 6.07 Å². The van der Waals surface area contributed by atoms with Gasteiger partial charge in [0, 0.05) is 13.1 Å². The van der Waals surface area contributed by atoms with Crippen LogP contribution in [0.5, 0.6) is 0 Å². The Morgan fingerprint density at radius 3 is 2.87 bits per heavy atom. The van der Waals surface area contributed by atoms with E-state index in [0.29, 0.717) is 0 Å². The summed E-state index contributed by atoms with van der Waals surface area (Å²) >= 11 is 0. The highest BCUT2D eigenvalue weighted by Crippen LogP contribution is 2.19. The number of piperidine rings is 1. The average Bonchev–Trinajstić information content (AvgIpc) is 2.77. The number of H-pyrrole nitrogens is 1. The van der Waals surface area contributed by atoms with Gasteiger partial charge in [-0.2, -0.15) is 0 Å². The molecular formula is C11H14N4. The topological polar surface area (TPSA) is 44.8 Å². The molecule has 78 valence electrons. The number of fused-ring (bicyclic) bond motifs is 1. The number of hydrogen-bond acceptors (Lipinski definition) is 3. The summed E-state index contributed by atoms with van der Waals surface area (Å²) in [4.78, 5) is 14.1. The second kappa shape index (κ2) is 3.53. The molecule has 1 N–H and O–H groups in total. The molecule has 0 aliphatic carbocycles. The van der Waals surface area contributed by atoms with Crippen molar-refractivity contribution in [1.82, 2.24) is 15.0 Å². The van der Waals surface area contributed by atoms with Gasteiger partial charge in [-0.05, 0) is 31.4 Å². The Morgan fingerprint density at radius 1 is 1.13 bits per heavy atom. The summed E-state index contributed by atoms with van der Waals surface area (Å²) < 4.78 is 0. The lowest BCUT2D eigenvalue weighted by Crippen LogP contribution is -2.30. The highest BCUT2D eigenvalue weighted by molar-refractivity contribution is 5.72. The molecule has 0 spiro atoms. The zero-order valence-electron chi connectivity index (χ0n) is 8.61. The van der Waals surface area contributed by atoms with Crippen molar-refractivity contribution in [2.24, 2.45) is 0 Å². The summed E-state index contributed by atoms with van der Waals surface area (Å²) in [6.07, 6.45) is 5.60. The lowest BCUT2D eigenvalue weighted by Gasteiger charge is -2.27. The minimum absolute atomic E-state index is 0.887. The van der Waals surface area contributed by atoms with Gasteiger partial charge in [0.15, 0.2) is 5.65 Å². The maximum absolute atomic E-state index is 4.57. The van der Waals surface area contributed by atoms with E-state index in [1.54, 1.807) is 6.33 Å². The Morgan fingerprint density at radius 2 is 2.00 bits per heavy atom. The summed E-state index contributed by atoms with van der Waals surface area (Å²) in [5.74, 6) is 1.08. The van der Waals surface area contributed by atoms with E-state index >= 15 is 0 Å². The molecule has 2 aromatic rings. The van der Waals surface area contributed by atoms with Crippen molar-refractivity contribution in [2.75, 3.05) is 18.0 Å². The minimum Gasteiger partial charge on any atom is -0.357 e. The van der Waals surface area contributed by atoms with Crippen LogP contribution in [0.2, 0.25) is 0 Å². The number of hydrogen-bond donors (Lipinski definition) is 1. The van der Waals surface area contributed by atoms with Crippen molar-refractivity contribution >= 4 is 17.0 Å². The number of anilines is 1. The number of pyridine rings is 1. The molecule has 0 unspecified atom stereocenters. The van der Waals surface area contributed by atoms with Crippen molar-refractivity contribution in [3.05, 3.63) is 18.5 Å². The van der Waals surface area contributed by atoms with Crippen LogP contribution < -0.4 is 4.90 Å². The molecule has 0 amide bonds. The summed E-state index contributed by atoms with van der Waals surface area (Å²) in [5.41, 5.74) is 1.83. The maximum Gasteiger partial charge on any atom is 0.159 e. The number of aromatic nitrogens is 3. The van der Waals surface area contributed by atoms with Crippen molar-refractivity contribution in [3.63, 3.8) is 0 Å². The molecule has 0 bridgehead atoms. The van der Waals surface area contributed by atoms with Crippen molar-refractivity contribution in [1.29, 1.82) is 0 Å². The SMILES string of the molecule is c1nc2ccc(N3CCCCC3)nc2[nH]1. The monoisotopic (exact) mass is 202 g/mol. The van der Waals surface area contributed by atoms with Crippen LogP contribution in [0.3, 0.4) is 0 Å². The third-order valence-corrected chi connectivity index (χ3v) is 2.94. The predicted octanol–water partition coefficient (Wildman–Crippen LogP) is 1.95. The van der Waals surface area contributed by atoms with E-state index in [4.69, 9.17) is 0 Å². The van der Waals surface area contributed by atoms with Gasteiger partial charge in [-0.15, -0.1) is 0 Å². The standard InChI is InChI=1S/C11H14N4/c1-2-6-15(7-3-1)10-5-4-9-11(14-10)13-8-12-9/h4-5,8H,1-3,6-7H2,(H,12,13,14). The first kappa shape index (κ1) is 8.71. The molecule has 2 aromatic heterocycles. The molecule has 0 radical (unpaired) electrons. The third kappa shape index (κ3) is 1.56. The quantitative estimate of drug-likeness (QED) is 0.768. The van der Waals surface area contributed by atoms with Gasteiger partial charge in [0.25, 0.3) is 0 Å². The Balaban J connectivity index is 1.95. The molecule has 0 aromatic carbocycles. The molecule has 4 heteroatoms. The summed E-state index contributed by atoms with van der Waals surface area (Å²) in [6, 6.07) is 4.09. The highest BCUT2D eigenvalue weighted by atomic mass is 15.2. The fraction of sp³-hybridized carbons (Fsp3) is 0.455. The van der Waals surface area contributed by atoms with Gasteiger partial charge >= 0.3 is 0 Å². The van der Waals surface area contributed by atoms with Crippen LogP contribution >= 0.6 is 0 Å². The zero-order chi connectivity index (χ0) is 10.1. The van der Waals surface area contributed by atoms with Crippen molar-refractivity contribution in [2.45, 2.75) is 19.3 Å².